The summed E-state index contributed by atoms with van der Waals surface area (Å²) in [6, 6.07) is 6.34. The van der Waals surface area contributed by atoms with Gasteiger partial charge in [-0.25, -0.2) is 0 Å². The van der Waals surface area contributed by atoms with Crippen LogP contribution >= 0.6 is 0 Å². The highest BCUT2D eigenvalue weighted by Gasteiger charge is 2.26. The number of carbonyl (C=O) groups is 2. The van der Waals surface area contributed by atoms with E-state index >= 15 is 0 Å². The van der Waals surface area contributed by atoms with Gasteiger partial charge in [0.15, 0.2) is 0 Å². The van der Waals surface area contributed by atoms with E-state index in [0.717, 1.165) is 85.0 Å². The second-order valence-corrected chi connectivity index (χ2v) is 10.3. The fraction of sp³-hybridized carbons (Fsp3) is 0.433. The third kappa shape index (κ3) is 5.55. The van der Waals surface area contributed by atoms with Gasteiger partial charge in [0.25, 0.3) is 11.8 Å². The lowest BCUT2D eigenvalue weighted by molar-refractivity contribution is -0.110. The Labute approximate surface area is 229 Å². The summed E-state index contributed by atoms with van der Waals surface area (Å²) in [7, 11) is 0. The van der Waals surface area contributed by atoms with Crippen molar-refractivity contribution in [1.82, 2.24) is 25.0 Å². The number of amides is 2. The zero-order valence-electron chi connectivity index (χ0n) is 23.3. The molecular weight excluding hydrogens is 492 g/mol. The molecule has 1 saturated heterocycles. The second-order valence-electron chi connectivity index (χ2n) is 10.3. The van der Waals surface area contributed by atoms with Crippen LogP contribution in [-0.4, -0.2) is 70.9 Å². The molecule has 5 rings (SSSR count). The standard InChI is InChI=1S/C30H38N6O3/c1-5-35(6-2)12-11-31-30(38)28-19(3)27(33-20(28)4)16-25-24-15-21(7-8-26(24)34-29(25)37)22-17-32-36(18-22)23-9-13-39-14-10-23/h7-8,15-18,23,33H,5-6,9-14H2,1-4H3,(H,31,38)(H,34,37). The molecule has 0 saturated carbocycles. The molecule has 0 bridgehead atoms. The number of hydrogen-bond donors (Lipinski definition) is 3. The first-order valence-corrected chi connectivity index (χ1v) is 13.9. The number of rotatable bonds is 9. The van der Waals surface area contributed by atoms with Crippen molar-refractivity contribution in [1.29, 1.82) is 0 Å². The van der Waals surface area contributed by atoms with Crippen molar-refractivity contribution in [2.75, 3.05) is 44.7 Å². The normalized spacial score (nSPS) is 16.6. The predicted molar refractivity (Wildman–Crippen MR) is 154 cm³/mol. The lowest BCUT2D eigenvalue weighted by atomic mass is 9.99. The fourth-order valence-electron chi connectivity index (χ4n) is 5.51. The number of nitrogens with one attached hydrogen (secondary N) is 3. The highest BCUT2D eigenvalue weighted by molar-refractivity contribution is 6.35. The molecule has 2 aromatic heterocycles. The number of benzene rings is 1. The van der Waals surface area contributed by atoms with Crippen LogP contribution in [0.15, 0.2) is 30.6 Å². The predicted octanol–water partition coefficient (Wildman–Crippen LogP) is 4.41. The van der Waals surface area contributed by atoms with Crippen LogP contribution in [0.2, 0.25) is 0 Å². The molecule has 0 atom stereocenters. The summed E-state index contributed by atoms with van der Waals surface area (Å²) in [5, 5.41) is 10.6. The van der Waals surface area contributed by atoms with E-state index in [2.05, 4.69) is 45.7 Å². The van der Waals surface area contributed by atoms with Crippen LogP contribution in [0.4, 0.5) is 5.69 Å². The molecule has 4 heterocycles. The van der Waals surface area contributed by atoms with Gasteiger partial charge >= 0.3 is 0 Å². The molecule has 1 fully saturated rings. The summed E-state index contributed by atoms with van der Waals surface area (Å²) in [5.74, 6) is -0.255. The Balaban J connectivity index is 1.38. The number of likely N-dealkylation sites (N-methyl/N-ethyl adjacent to an activating group) is 1. The fourth-order valence-corrected chi connectivity index (χ4v) is 5.51. The maximum absolute atomic E-state index is 13.0. The number of aromatic amines is 1. The minimum atomic E-state index is -0.156. The maximum Gasteiger partial charge on any atom is 0.256 e. The zero-order valence-corrected chi connectivity index (χ0v) is 23.3. The first-order chi connectivity index (χ1) is 18.9. The monoisotopic (exact) mass is 530 g/mol. The van der Waals surface area contributed by atoms with Crippen LogP contribution in [0.3, 0.4) is 0 Å². The number of nitrogens with zero attached hydrogens (tertiary/aromatic N) is 3. The van der Waals surface area contributed by atoms with E-state index in [1.165, 1.54) is 0 Å². The van der Waals surface area contributed by atoms with Gasteiger partial charge in [-0.2, -0.15) is 5.10 Å². The summed E-state index contributed by atoms with van der Waals surface area (Å²) in [5.41, 5.74) is 7.21. The Hall–Kier alpha value is -3.69. The van der Waals surface area contributed by atoms with Crippen molar-refractivity contribution in [2.45, 2.75) is 46.6 Å². The van der Waals surface area contributed by atoms with Crippen LogP contribution in [0.5, 0.6) is 0 Å². The molecule has 9 heteroatoms. The number of H-pyrrole nitrogens is 1. The van der Waals surface area contributed by atoms with Crippen molar-refractivity contribution in [3.05, 3.63) is 58.7 Å². The van der Waals surface area contributed by atoms with Crippen molar-refractivity contribution in [3.8, 4) is 11.1 Å². The van der Waals surface area contributed by atoms with E-state index in [4.69, 9.17) is 4.74 Å². The van der Waals surface area contributed by atoms with Gasteiger partial charge in [0.1, 0.15) is 0 Å². The molecule has 0 unspecified atom stereocenters. The second kappa shape index (κ2) is 11.6. The number of fused-ring (bicyclic) bond motifs is 1. The zero-order chi connectivity index (χ0) is 27.5. The van der Waals surface area contributed by atoms with E-state index in [1.807, 2.05) is 49.0 Å². The number of ether oxygens (including phenoxy) is 1. The average molecular weight is 531 g/mol. The highest BCUT2D eigenvalue weighted by Crippen LogP contribution is 2.37. The SMILES string of the molecule is CCN(CC)CCNC(=O)c1c(C)[nH]c(C=C2C(=O)Nc3ccc(-c4cnn(C5CCOCC5)c4)cc32)c1C. The van der Waals surface area contributed by atoms with E-state index in [9.17, 15) is 9.59 Å². The Bertz CT molecular complexity index is 1390. The number of anilines is 1. The van der Waals surface area contributed by atoms with Gasteiger partial charge in [0, 0.05) is 60.7 Å². The van der Waals surface area contributed by atoms with Gasteiger partial charge in [-0.1, -0.05) is 19.9 Å². The largest absolute Gasteiger partial charge is 0.381 e. The molecule has 206 valence electrons. The lowest BCUT2D eigenvalue weighted by Gasteiger charge is -2.22. The highest BCUT2D eigenvalue weighted by atomic mass is 16.5. The molecule has 9 nitrogen and oxygen atoms in total. The van der Waals surface area contributed by atoms with E-state index < -0.39 is 0 Å². The van der Waals surface area contributed by atoms with Gasteiger partial charge in [0.05, 0.1) is 23.4 Å². The maximum atomic E-state index is 13.0. The van der Waals surface area contributed by atoms with E-state index in [1.54, 1.807) is 0 Å². The van der Waals surface area contributed by atoms with Crippen LogP contribution in [-0.2, 0) is 9.53 Å². The molecular formula is C30H38N6O3. The van der Waals surface area contributed by atoms with Crippen molar-refractivity contribution in [3.63, 3.8) is 0 Å². The minimum absolute atomic E-state index is 0.0989. The summed E-state index contributed by atoms with van der Waals surface area (Å²) in [6.45, 7) is 12.9. The Morgan fingerprint density at radius 3 is 2.72 bits per heavy atom. The van der Waals surface area contributed by atoms with Gasteiger partial charge in [0.2, 0.25) is 0 Å². The van der Waals surface area contributed by atoms with E-state index in [0.29, 0.717) is 23.7 Å². The molecule has 2 amide bonds. The summed E-state index contributed by atoms with van der Waals surface area (Å²) >= 11 is 0. The molecule has 39 heavy (non-hydrogen) atoms. The Morgan fingerprint density at radius 1 is 1.21 bits per heavy atom. The minimum Gasteiger partial charge on any atom is -0.381 e. The van der Waals surface area contributed by atoms with E-state index in [-0.39, 0.29) is 11.8 Å². The van der Waals surface area contributed by atoms with Crippen molar-refractivity contribution >= 4 is 29.2 Å². The van der Waals surface area contributed by atoms with Crippen LogP contribution in [0, 0.1) is 13.8 Å². The van der Waals surface area contributed by atoms with Crippen molar-refractivity contribution in [2.24, 2.45) is 0 Å². The Morgan fingerprint density at radius 2 is 1.97 bits per heavy atom. The number of carbonyl (C=O) groups excluding carboxylic acids is 2. The van der Waals surface area contributed by atoms with Gasteiger partial charge in [-0.3, -0.25) is 14.3 Å². The van der Waals surface area contributed by atoms with Crippen LogP contribution < -0.4 is 10.6 Å². The molecule has 0 radical (unpaired) electrons. The molecule has 0 aliphatic carbocycles. The number of aromatic nitrogens is 3. The molecule has 2 aliphatic rings. The molecule has 1 aromatic carbocycles. The van der Waals surface area contributed by atoms with Crippen molar-refractivity contribution < 1.29 is 14.3 Å². The van der Waals surface area contributed by atoms with Crippen LogP contribution in [0.25, 0.3) is 22.8 Å². The van der Waals surface area contributed by atoms with Gasteiger partial charge < -0.3 is 25.3 Å². The van der Waals surface area contributed by atoms with Gasteiger partial charge in [-0.05, 0) is 69.1 Å². The average Bonchev–Trinajstić information content (AvgIpc) is 3.63. The van der Waals surface area contributed by atoms with Gasteiger partial charge in [-0.15, -0.1) is 0 Å². The number of hydrogen-bond acceptors (Lipinski definition) is 5. The topological polar surface area (TPSA) is 104 Å². The number of aryl methyl sites for hydroxylation is 1. The first kappa shape index (κ1) is 26.9. The quantitative estimate of drug-likeness (QED) is 0.356. The molecule has 2 aliphatic heterocycles. The molecule has 3 aromatic rings. The lowest BCUT2D eigenvalue weighted by Crippen LogP contribution is -2.35. The Kier molecular flexibility index (Phi) is 7.99. The smallest absolute Gasteiger partial charge is 0.256 e. The summed E-state index contributed by atoms with van der Waals surface area (Å²) in [6.07, 6.45) is 7.73. The summed E-state index contributed by atoms with van der Waals surface area (Å²) in [4.78, 5) is 31.6. The first-order valence-electron chi connectivity index (χ1n) is 13.9. The molecule has 3 N–H and O–H groups in total. The third-order valence-corrected chi connectivity index (χ3v) is 7.90. The summed E-state index contributed by atoms with van der Waals surface area (Å²) < 4.78 is 7.52. The third-order valence-electron chi connectivity index (χ3n) is 7.90. The molecule has 0 spiro atoms. The van der Waals surface area contributed by atoms with Crippen LogP contribution in [0.1, 0.15) is 65.6 Å².